The van der Waals surface area contributed by atoms with Crippen molar-refractivity contribution >= 4 is 0 Å². The molecule has 0 saturated carbocycles. The van der Waals surface area contributed by atoms with Crippen LogP contribution in [0.1, 0.15) is 25.1 Å². The molecule has 1 aromatic carbocycles. The first-order valence-electron chi connectivity index (χ1n) is 7.17. The van der Waals surface area contributed by atoms with Crippen molar-refractivity contribution in [2.45, 2.75) is 31.8 Å². The maximum Gasteiger partial charge on any atom is 0.132 e. The van der Waals surface area contributed by atoms with Crippen LogP contribution in [0.25, 0.3) is 11.3 Å². The van der Waals surface area contributed by atoms with Gasteiger partial charge in [-0.15, -0.1) is 0 Å². The van der Waals surface area contributed by atoms with Gasteiger partial charge in [0.25, 0.3) is 0 Å². The van der Waals surface area contributed by atoms with E-state index in [2.05, 4.69) is 17.7 Å². The van der Waals surface area contributed by atoms with Gasteiger partial charge in [0, 0.05) is 36.3 Å². The van der Waals surface area contributed by atoms with Crippen LogP contribution in [0.3, 0.4) is 0 Å². The van der Waals surface area contributed by atoms with Gasteiger partial charge in [0.2, 0.25) is 0 Å². The maximum atomic E-state index is 6.09. The summed E-state index contributed by atoms with van der Waals surface area (Å²) in [4.78, 5) is 4.79. The summed E-state index contributed by atoms with van der Waals surface area (Å²) in [5, 5.41) is 0. The highest BCUT2D eigenvalue weighted by molar-refractivity contribution is 5.68. The van der Waals surface area contributed by atoms with Crippen LogP contribution in [0.4, 0.5) is 0 Å². The number of nitrogens with two attached hydrogens (primary N) is 1. The molecule has 2 atom stereocenters. The Morgan fingerprint density at radius 2 is 2.10 bits per heavy atom. The average Bonchev–Trinajstić information content (AvgIpc) is 2.90. The van der Waals surface area contributed by atoms with E-state index in [0.29, 0.717) is 5.92 Å². The van der Waals surface area contributed by atoms with Gasteiger partial charge in [0.05, 0.1) is 19.9 Å². The smallest absolute Gasteiger partial charge is 0.132 e. The third kappa shape index (κ3) is 2.49. The second-order valence-electron chi connectivity index (χ2n) is 5.60. The van der Waals surface area contributed by atoms with E-state index in [4.69, 9.17) is 20.2 Å². The lowest BCUT2D eigenvalue weighted by atomic mass is 9.98. The maximum absolute atomic E-state index is 6.09. The number of benzene rings is 1. The van der Waals surface area contributed by atoms with Gasteiger partial charge < -0.3 is 19.8 Å². The molecule has 5 nitrogen and oxygen atoms in total. The van der Waals surface area contributed by atoms with Crippen molar-refractivity contribution < 1.29 is 9.47 Å². The van der Waals surface area contributed by atoms with E-state index in [1.54, 1.807) is 14.2 Å². The molecular weight excluding hydrogens is 266 g/mol. The average molecular weight is 287 g/mol. The predicted octanol–water partition coefficient (Wildman–Crippen LogP) is 2.40. The van der Waals surface area contributed by atoms with Crippen LogP contribution in [0.15, 0.2) is 24.4 Å². The van der Waals surface area contributed by atoms with Crippen LogP contribution in [0, 0.1) is 0 Å². The van der Waals surface area contributed by atoms with Crippen LogP contribution in [0.5, 0.6) is 11.5 Å². The quantitative estimate of drug-likeness (QED) is 0.941. The van der Waals surface area contributed by atoms with E-state index in [1.807, 2.05) is 18.2 Å². The zero-order valence-corrected chi connectivity index (χ0v) is 12.7. The Morgan fingerprint density at radius 3 is 2.81 bits per heavy atom. The van der Waals surface area contributed by atoms with E-state index in [1.165, 1.54) is 0 Å². The first kappa shape index (κ1) is 13.9. The SMILES string of the molecule is COc1ccc(-c2cn3c(n2)C(C)CC(N)C3)c(OC)c1. The molecule has 0 radical (unpaired) electrons. The van der Waals surface area contributed by atoms with E-state index in [0.717, 1.165) is 41.5 Å². The molecule has 2 unspecified atom stereocenters. The van der Waals surface area contributed by atoms with Crippen molar-refractivity contribution in [2.75, 3.05) is 14.2 Å². The van der Waals surface area contributed by atoms with Gasteiger partial charge >= 0.3 is 0 Å². The summed E-state index contributed by atoms with van der Waals surface area (Å²) in [5.41, 5.74) is 7.99. The number of methoxy groups -OCH3 is 2. The Bertz CT molecular complexity index is 651. The molecule has 0 saturated heterocycles. The summed E-state index contributed by atoms with van der Waals surface area (Å²) in [6.45, 7) is 3.00. The summed E-state index contributed by atoms with van der Waals surface area (Å²) in [7, 11) is 3.31. The Kier molecular flexibility index (Phi) is 3.59. The third-order valence-corrected chi connectivity index (χ3v) is 4.02. The standard InChI is InChI=1S/C16H21N3O2/c1-10-6-11(17)8-19-9-14(18-16(10)19)13-5-4-12(20-2)7-15(13)21-3/h4-5,7,9-11H,6,8,17H2,1-3H3. The predicted molar refractivity (Wildman–Crippen MR) is 81.8 cm³/mol. The van der Waals surface area contributed by atoms with Crippen LogP contribution >= 0.6 is 0 Å². The van der Waals surface area contributed by atoms with E-state index < -0.39 is 0 Å². The number of rotatable bonds is 3. The number of nitrogens with zero attached hydrogens (tertiary/aromatic N) is 2. The molecule has 112 valence electrons. The normalized spacial score (nSPS) is 21.0. The Balaban J connectivity index is 2.04. The fourth-order valence-electron chi connectivity index (χ4n) is 3.00. The van der Waals surface area contributed by atoms with Gasteiger partial charge in [-0.3, -0.25) is 0 Å². The summed E-state index contributed by atoms with van der Waals surface area (Å²) < 4.78 is 12.9. The Morgan fingerprint density at radius 1 is 1.29 bits per heavy atom. The van der Waals surface area contributed by atoms with Crippen molar-refractivity contribution in [3.8, 4) is 22.8 Å². The van der Waals surface area contributed by atoms with E-state index >= 15 is 0 Å². The van der Waals surface area contributed by atoms with Crippen LogP contribution < -0.4 is 15.2 Å². The Hall–Kier alpha value is -2.01. The molecule has 1 aromatic heterocycles. The highest BCUT2D eigenvalue weighted by Gasteiger charge is 2.25. The minimum atomic E-state index is 0.201. The monoisotopic (exact) mass is 287 g/mol. The van der Waals surface area contributed by atoms with Crippen molar-refractivity contribution in [2.24, 2.45) is 5.73 Å². The molecule has 2 aromatic rings. The molecule has 0 bridgehead atoms. The minimum Gasteiger partial charge on any atom is -0.497 e. The fourth-order valence-corrected chi connectivity index (χ4v) is 3.00. The lowest BCUT2D eigenvalue weighted by Crippen LogP contribution is -2.33. The highest BCUT2D eigenvalue weighted by Crippen LogP contribution is 2.35. The highest BCUT2D eigenvalue weighted by atomic mass is 16.5. The van der Waals surface area contributed by atoms with Crippen molar-refractivity contribution in [1.82, 2.24) is 9.55 Å². The molecule has 2 heterocycles. The van der Waals surface area contributed by atoms with Gasteiger partial charge in [0.15, 0.2) is 0 Å². The first-order valence-corrected chi connectivity index (χ1v) is 7.17. The van der Waals surface area contributed by atoms with Crippen LogP contribution in [-0.2, 0) is 6.54 Å². The molecule has 21 heavy (non-hydrogen) atoms. The number of aromatic nitrogens is 2. The minimum absolute atomic E-state index is 0.201. The third-order valence-electron chi connectivity index (χ3n) is 4.02. The molecule has 1 aliphatic rings. The zero-order valence-electron chi connectivity index (χ0n) is 12.7. The molecule has 0 amide bonds. The van der Waals surface area contributed by atoms with Crippen molar-refractivity contribution in [3.63, 3.8) is 0 Å². The molecule has 3 rings (SSSR count). The van der Waals surface area contributed by atoms with E-state index in [-0.39, 0.29) is 6.04 Å². The molecular formula is C16H21N3O2. The molecule has 1 aliphatic heterocycles. The lowest BCUT2D eigenvalue weighted by molar-refractivity contribution is 0.395. The Labute approximate surface area is 124 Å². The zero-order chi connectivity index (χ0) is 15.0. The second kappa shape index (κ2) is 5.41. The number of ether oxygens (including phenoxy) is 2. The van der Waals surface area contributed by atoms with E-state index in [9.17, 15) is 0 Å². The van der Waals surface area contributed by atoms with Crippen molar-refractivity contribution in [1.29, 1.82) is 0 Å². The van der Waals surface area contributed by atoms with Crippen LogP contribution in [-0.4, -0.2) is 29.8 Å². The first-order chi connectivity index (χ1) is 10.1. The molecule has 5 heteroatoms. The molecule has 2 N–H and O–H groups in total. The number of hydrogen-bond acceptors (Lipinski definition) is 4. The van der Waals surface area contributed by atoms with Gasteiger partial charge in [-0.2, -0.15) is 0 Å². The molecule has 0 spiro atoms. The van der Waals surface area contributed by atoms with Gasteiger partial charge in [-0.1, -0.05) is 6.92 Å². The number of hydrogen-bond donors (Lipinski definition) is 1. The molecule has 0 fully saturated rings. The summed E-state index contributed by atoms with van der Waals surface area (Å²) in [6, 6.07) is 5.98. The lowest BCUT2D eigenvalue weighted by Gasteiger charge is -2.25. The summed E-state index contributed by atoms with van der Waals surface area (Å²) >= 11 is 0. The molecule has 0 aliphatic carbocycles. The van der Waals surface area contributed by atoms with Gasteiger partial charge in [0.1, 0.15) is 17.3 Å². The topological polar surface area (TPSA) is 62.3 Å². The second-order valence-corrected chi connectivity index (χ2v) is 5.60. The van der Waals surface area contributed by atoms with Gasteiger partial charge in [-0.05, 0) is 18.6 Å². The number of fused-ring (bicyclic) bond motifs is 1. The fraction of sp³-hybridized carbons (Fsp3) is 0.438. The summed E-state index contributed by atoms with van der Waals surface area (Å²) in [5.74, 6) is 3.02. The number of imidazole rings is 1. The largest absolute Gasteiger partial charge is 0.497 e. The van der Waals surface area contributed by atoms with Crippen molar-refractivity contribution in [3.05, 3.63) is 30.2 Å². The van der Waals surface area contributed by atoms with Gasteiger partial charge in [-0.25, -0.2) is 4.98 Å². The summed E-state index contributed by atoms with van der Waals surface area (Å²) in [6.07, 6.45) is 3.05. The van der Waals surface area contributed by atoms with Crippen LogP contribution in [0.2, 0.25) is 0 Å².